The number of H-pyrrole nitrogens is 1. The van der Waals surface area contributed by atoms with Gasteiger partial charge >= 0.3 is 0 Å². The van der Waals surface area contributed by atoms with Crippen molar-refractivity contribution in [1.29, 1.82) is 0 Å². The monoisotopic (exact) mass is 289 g/mol. The van der Waals surface area contributed by atoms with Crippen molar-refractivity contribution in [2.75, 3.05) is 39.3 Å². The van der Waals surface area contributed by atoms with Gasteiger partial charge in [-0.2, -0.15) is 4.52 Å². The lowest BCUT2D eigenvalue weighted by molar-refractivity contribution is 0.0690. The Morgan fingerprint density at radius 1 is 1.24 bits per heavy atom. The second kappa shape index (κ2) is 5.21. The lowest BCUT2D eigenvalue weighted by Crippen LogP contribution is -2.61. The summed E-state index contributed by atoms with van der Waals surface area (Å²) in [6, 6.07) is 2.31. The number of rotatable bonds is 3. The fourth-order valence-electron chi connectivity index (χ4n) is 3.00. The van der Waals surface area contributed by atoms with Gasteiger partial charge in [0.1, 0.15) is 6.33 Å². The smallest absolute Gasteiger partial charge is 0.274 e. The highest BCUT2D eigenvalue weighted by Crippen LogP contribution is 2.11. The zero-order valence-electron chi connectivity index (χ0n) is 11.8. The highest BCUT2D eigenvalue weighted by Gasteiger charge is 2.27. The second-order valence-corrected chi connectivity index (χ2v) is 5.73. The zero-order valence-corrected chi connectivity index (χ0v) is 11.8. The van der Waals surface area contributed by atoms with Gasteiger partial charge in [0, 0.05) is 57.9 Å². The minimum atomic E-state index is -0.105. The molecule has 8 nitrogen and oxygen atoms in total. The van der Waals surface area contributed by atoms with Gasteiger partial charge < -0.3 is 5.32 Å². The first-order chi connectivity index (χ1) is 10.3. The van der Waals surface area contributed by atoms with E-state index in [1.54, 1.807) is 6.07 Å². The Balaban J connectivity index is 1.42. The molecule has 0 bridgehead atoms. The van der Waals surface area contributed by atoms with E-state index in [2.05, 4.69) is 30.2 Å². The Hall–Kier alpha value is -1.77. The summed E-state index contributed by atoms with van der Waals surface area (Å²) in [4.78, 5) is 25.3. The molecule has 2 N–H and O–H groups in total. The van der Waals surface area contributed by atoms with E-state index < -0.39 is 0 Å². The van der Waals surface area contributed by atoms with E-state index in [4.69, 9.17) is 0 Å². The number of piperazine rings is 1. The average molecular weight is 289 g/mol. The lowest BCUT2D eigenvalue weighted by Gasteiger charge is -2.43. The van der Waals surface area contributed by atoms with E-state index in [1.807, 2.05) is 0 Å². The molecule has 2 saturated heterocycles. The summed E-state index contributed by atoms with van der Waals surface area (Å²) in [6.45, 7) is 7.19. The molecular weight excluding hydrogens is 270 g/mol. The van der Waals surface area contributed by atoms with Crippen LogP contribution in [0.15, 0.2) is 17.2 Å². The van der Waals surface area contributed by atoms with E-state index >= 15 is 0 Å². The molecule has 21 heavy (non-hydrogen) atoms. The number of nitrogens with one attached hydrogen (secondary N) is 2. The van der Waals surface area contributed by atoms with Crippen LogP contribution < -0.4 is 10.9 Å². The zero-order chi connectivity index (χ0) is 14.2. The summed E-state index contributed by atoms with van der Waals surface area (Å²) < 4.78 is 1.35. The Bertz CT molecular complexity index is 681. The van der Waals surface area contributed by atoms with Gasteiger partial charge in [0.2, 0.25) is 0 Å². The van der Waals surface area contributed by atoms with Crippen LogP contribution in [0.4, 0.5) is 0 Å². The minimum Gasteiger partial charge on any atom is -0.314 e. The summed E-state index contributed by atoms with van der Waals surface area (Å²) in [7, 11) is 0. The largest absolute Gasteiger partial charge is 0.314 e. The molecule has 8 heteroatoms. The molecule has 0 atom stereocenters. The molecule has 0 aromatic carbocycles. The van der Waals surface area contributed by atoms with E-state index in [-0.39, 0.29) is 5.56 Å². The van der Waals surface area contributed by atoms with Gasteiger partial charge in [-0.05, 0) is 0 Å². The number of aromatic nitrogens is 4. The van der Waals surface area contributed by atoms with E-state index in [0.717, 1.165) is 57.5 Å². The van der Waals surface area contributed by atoms with Crippen LogP contribution in [-0.4, -0.2) is 74.7 Å². The predicted octanol–water partition coefficient (Wildman–Crippen LogP) is -1.49. The number of nitrogens with zero attached hydrogens (tertiary/aromatic N) is 5. The molecule has 2 fully saturated rings. The summed E-state index contributed by atoms with van der Waals surface area (Å²) in [5, 5.41) is 6.07. The molecular formula is C13H19N7O. The van der Waals surface area contributed by atoms with Crippen LogP contribution in [0.5, 0.6) is 0 Å². The molecule has 2 aromatic heterocycles. The third-order valence-corrected chi connectivity index (χ3v) is 4.39. The number of aromatic amines is 1. The maximum Gasteiger partial charge on any atom is 0.274 e. The van der Waals surface area contributed by atoms with Gasteiger partial charge in [-0.1, -0.05) is 0 Å². The van der Waals surface area contributed by atoms with Crippen LogP contribution >= 0.6 is 0 Å². The molecule has 0 unspecified atom stereocenters. The summed E-state index contributed by atoms with van der Waals surface area (Å²) in [6.07, 6.45) is 1.49. The maximum atomic E-state index is 11.9. The van der Waals surface area contributed by atoms with E-state index in [9.17, 15) is 4.79 Å². The van der Waals surface area contributed by atoms with Crippen LogP contribution in [-0.2, 0) is 6.54 Å². The topological polar surface area (TPSA) is 81.6 Å². The minimum absolute atomic E-state index is 0.105. The normalized spacial score (nSPS) is 21.7. The molecule has 112 valence electrons. The second-order valence-electron chi connectivity index (χ2n) is 5.73. The predicted molar refractivity (Wildman–Crippen MR) is 77.1 cm³/mol. The van der Waals surface area contributed by atoms with Crippen molar-refractivity contribution in [3.05, 3.63) is 28.4 Å². The van der Waals surface area contributed by atoms with Crippen molar-refractivity contribution < 1.29 is 0 Å². The van der Waals surface area contributed by atoms with Crippen molar-refractivity contribution in [2.24, 2.45) is 0 Å². The van der Waals surface area contributed by atoms with Gasteiger partial charge in [-0.25, -0.2) is 9.97 Å². The number of fused-ring (bicyclic) bond motifs is 1. The fourth-order valence-corrected chi connectivity index (χ4v) is 3.00. The number of hydrogen-bond acceptors (Lipinski definition) is 6. The maximum absolute atomic E-state index is 11.9. The van der Waals surface area contributed by atoms with Crippen LogP contribution in [0.1, 0.15) is 5.69 Å². The Labute approximate surface area is 121 Å². The first-order valence-corrected chi connectivity index (χ1v) is 7.39. The van der Waals surface area contributed by atoms with Crippen LogP contribution in [0.2, 0.25) is 0 Å². The van der Waals surface area contributed by atoms with E-state index in [1.165, 1.54) is 10.8 Å². The molecule has 2 aromatic rings. The first-order valence-electron chi connectivity index (χ1n) is 7.39. The van der Waals surface area contributed by atoms with Crippen LogP contribution in [0.3, 0.4) is 0 Å². The average Bonchev–Trinajstić information content (AvgIpc) is 2.88. The van der Waals surface area contributed by atoms with Crippen molar-refractivity contribution in [3.8, 4) is 0 Å². The molecule has 2 aliphatic rings. The quantitative estimate of drug-likeness (QED) is 0.716. The Kier molecular flexibility index (Phi) is 3.21. The summed E-state index contributed by atoms with van der Waals surface area (Å²) in [5.41, 5.74) is 0.692. The third-order valence-electron chi connectivity index (χ3n) is 4.39. The first kappa shape index (κ1) is 12.9. The summed E-state index contributed by atoms with van der Waals surface area (Å²) >= 11 is 0. The molecule has 4 rings (SSSR count). The van der Waals surface area contributed by atoms with E-state index in [0.29, 0.717) is 5.78 Å². The molecule has 0 radical (unpaired) electrons. The lowest BCUT2D eigenvalue weighted by atomic mass is 10.1. The van der Waals surface area contributed by atoms with Crippen LogP contribution in [0, 0.1) is 0 Å². The highest BCUT2D eigenvalue weighted by molar-refractivity contribution is 5.25. The summed E-state index contributed by atoms with van der Waals surface area (Å²) in [5.74, 6) is 0.441. The fraction of sp³-hybridized carbons (Fsp3) is 0.615. The van der Waals surface area contributed by atoms with Gasteiger partial charge in [-0.3, -0.25) is 19.7 Å². The molecule has 4 heterocycles. The van der Waals surface area contributed by atoms with Crippen molar-refractivity contribution >= 4 is 5.78 Å². The van der Waals surface area contributed by atoms with Crippen molar-refractivity contribution in [2.45, 2.75) is 12.6 Å². The Morgan fingerprint density at radius 3 is 2.76 bits per heavy atom. The van der Waals surface area contributed by atoms with Crippen molar-refractivity contribution in [1.82, 2.24) is 34.7 Å². The van der Waals surface area contributed by atoms with Crippen molar-refractivity contribution in [3.63, 3.8) is 0 Å². The van der Waals surface area contributed by atoms with Gasteiger partial charge in [0.05, 0.1) is 5.69 Å². The molecule has 0 spiro atoms. The molecule has 2 aliphatic heterocycles. The van der Waals surface area contributed by atoms with Gasteiger partial charge in [0.15, 0.2) is 0 Å². The number of hydrogen-bond donors (Lipinski definition) is 2. The third kappa shape index (κ3) is 2.45. The van der Waals surface area contributed by atoms with Gasteiger partial charge in [-0.15, -0.1) is 0 Å². The standard InChI is InChI=1S/C13H19N7O/c21-12-5-10(17-13-15-9-16-20(12)13)8-18-1-3-19(4-2-18)11-6-14-7-11/h5,9,11,14H,1-4,6-8H2,(H,15,16,17). The Morgan fingerprint density at radius 2 is 2.05 bits per heavy atom. The van der Waals surface area contributed by atoms with Gasteiger partial charge in [0.25, 0.3) is 11.3 Å². The highest BCUT2D eigenvalue weighted by atomic mass is 16.1. The molecule has 0 amide bonds. The molecule has 0 saturated carbocycles. The van der Waals surface area contributed by atoms with Crippen LogP contribution in [0.25, 0.3) is 5.78 Å². The molecule has 0 aliphatic carbocycles. The SMILES string of the molecule is O=c1cc(CN2CCN(C3CNC3)CC2)nc2nc[nH]n12.